The molecule has 21 heavy (non-hydrogen) atoms. The van der Waals surface area contributed by atoms with Crippen molar-refractivity contribution in [3.05, 3.63) is 29.6 Å². The van der Waals surface area contributed by atoms with Crippen LogP contribution in [0.5, 0.6) is 0 Å². The van der Waals surface area contributed by atoms with Crippen molar-refractivity contribution in [2.75, 3.05) is 11.9 Å². The summed E-state index contributed by atoms with van der Waals surface area (Å²) in [5, 5.41) is 14.0. The third-order valence-corrected chi connectivity index (χ3v) is 3.32. The fourth-order valence-electron chi connectivity index (χ4n) is 2.24. The number of hydrogen-bond donors (Lipinski definition) is 3. The van der Waals surface area contributed by atoms with Crippen LogP contribution >= 0.6 is 0 Å². The van der Waals surface area contributed by atoms with E-state index in [1.807, 2.05) is 0 Å². The van der Waals surface area contributed by atoms with Crippen LogP contribution in [0.3, 0.4) is 0 Å². The summed E-state index contributed by atoms with van der Waals surface area (Å²) in [4.78, 5) is 11.9. The molecule has 0 spiro atoms. The maximum absolute atomic E-state index is 13.5. The molecular weight excluding hydrogens is 277 g/mol. The normalized spacial score (nSPS) is 19.3. The molecule has 1 aliphatic heterocycles. The Morgan fingerprint density at radius 2 is 2.33 bits per heavy atom. The molecular formula is C14H18FN3O3. The number of amides is 1. The molecule has 1 aromatic carbocycles. The van der Waals surface area contributed by atoms with E-state index in [1.54, 1.807) is 0 Å². The Morgan fingerprint density at radius 3 is 3.00 bits per heavy atom. The molecule has 0 radical (unpaired) electrons. The van der Waals surface area contributed by atoms with Gasteiger partial charge < -0.3 is 21.0 Å². The molecule has 0 aromatic heterocycles. The molecule has 1 aliphatic rings. The number of ether oxygens (including phenoxy) is 1. The second-order valence-corrected chi connectivity index (χ2v) is 4.92. The first-order chi connectivity index (χ1) is 10.1. The van der Waals surface area contributed by atoms with Gasteiger partial charge in [-0.1, -0.05) is 5.16 Å². The van der Waals surface area contributed by atoms with Crippen LogP contribution < -0.4 is 11.1 Å². The molecule has 1 amide bonds. The van der Waals surface area contributed by atoms with Gasteiger partial charge in [-0.25, -0.2) is 4.39 Å². The highest BCUT2D eigenvalue weighted by molar-refractivity contribution is 5.99. The lowest BCUT2D eigenvalue weighted by atomic mass is 10.1. The van der Waals surface area contributed by atoms with Crippen molar-refractivity contribution in [1.29, 1.82) is 0 Å². The average molecular weight is 295 g/mol. The van der Waals surface area contributed by atoms with Crippen molar-refractivity contribution in [3.63, 3.8) is 0 Å². The zero-order valence-electron chi connectivity index (χ0n) is 11.5. The van der Waals surface area contributed by atoms with Gasteiger partial charge in [-0.2, -0.15) is 0 Å². The van der Waals surface area contributed by atoms with Crippen molar-refractivity contribution in [3.8, 4) is 0 Å². The zero-order valence-corrected chi connectivity index (χ0v) is 11.5. The summed E-state index contributed by atoms with van der Waals surface area (Å²) in [5.74, 6) is -1.18. The smallest absolute Gasteiger partial charge is 0.226 e. The van der Waals surface area contributed by atoms with Gasteiger partial charge in [0, 0.05) is 12.3 Å². The quantitative estimate of drug-likeness (QED) is 0.341. The van der Waals surface area contributed by atoms with Gasteiger partial charge in [0.15, 0.2) is 5.84 Å². The fraction of sp³-hybridized carbons (Fsp3) is 0.429. The molecule has 6 nitrogen and oxygen atoms in total. The third kappa shape index (κ3) is 4.16. The van der Waals surface area contributed by atoms with Gasteiger partial charge in [-0.3, -0.25) is 4.79 Å². The van der Waals surface area contributed by atoms with Gasteiger partial charge in [-0.15, -0.1) is 0 Å². The van der Waals surface area contributed by atoms with E-state index in [9.17, 15) is 9.18 Å². The van der Waals surface area contributed by atoms with Crippen LogP contribution in [0, 0.1) is 5.82 Å². The molecule has 0 aliphatic carbocycles. The van der Waals surface area contributed by atoms with Crippen molar-refractivity contribution in [2.24, 2.45) is 10.9 Å². The minimum atomic E-state index is -0.626. The largest absolute Gasteiger partial charge is 0.409 e. The van der Waals surface area contributed by atoms with E-state index in [4.69, 9.17) is 15.7 Å². The molecule has 2 rings (SSSR count). The van der Waals surface area contributed by atoms with Crippen LogP contribution in [-0.2, 0) is 9.53 Å². The molecule has 1 atom stereocenters. The Balaban J connectivity index is 2.00. The number of amidine groups is 1. The monoisotopic (exact) mass is 295 g/mol. The summed E-state index contributed by atoms with van der Waals surface area (Å²) >= 11 is 0. The summed E-state index contributed by atoms with van der Waals surface area (Å²) in [6.07, 6.45) is 3.15. The van der Waals surface area contributed by atoms with Crippen molar-refractivity contribution in [1.82, 2.24) is 0 Å². The van der Waals surface area contributed by atoms with E-state index in [2.05, 4.69) is 10.5 Å². The lowest BCUT2D eigenvalue weighted by Crippen LogP contribution is -2.25. The standard InChI is InChI=1S/C14H18FN3O3/c15-12-5-4-9(7-11(12)14(16)18-20)17-13(19)8-10-3-1-2-6-21-10/h4-5,7,10,20H,1-3,6,8H2,(H2,16,18)(H,17,19). The van der Waals surface area contributed by atoms with E-state index in [0.717, 1.165) is 25.3 Å². The van der Waals surface area contributed by atoms with Gasteiger partial charge in [-0.05, 0) is 37.5 Å². The number of rotatable bonds is 4. The fourth-order valence-corrected chi connectivity index (χ4v) is 2.24. The lowest BCUT2D eigenvalue weighted by Gasteiger charge is -2.22. The van der Waals surface area contributed by atoms with Crippen LogP contribution in [0.2, 0.25) is 0 Å². The van der Waals surface area contributed by atoms with E-state index < -0.39 is 5.82 Å². The Bertz CT molecular complexity index is 542. The first-order valence-corrected chi connectivity index (χ1v) is 6.79. The Morgan fingerprint density at radius 1 is 1.52 bits per heavy atom. The number of halogens is 1. The topological polar surface area (TPSA) is 96.9 Å². The van der Waals surface area contributed by atoms with Gasteiger partial charge in [0.2, 0.25) is 5.91 Å². The Hall–Kier alpha value is -2.15. The minimum absolute atomic E-state index is 0.0655. The van der Waals surface area contributed by atoms with Gasteiger partial charge in [0.25, 0.3) is 0 Å². The predicted molar refractivity (Wildman–Crippen MR) is 75.7 cm³/mol. The highest BCUT2D eigenvalue weighted by atomic mass is 19.1. The molecule has 114 valence electrons. The summed E-state index contributed by atoms with van der Waals surface area (Å²) in [6, 6.07) is 3.90. The average Bonchev–Trinajstić information content (AvgIpc) is 2.49. The number of nitrogens with one attached hydrogen (secondary N) is 1. The molecule has 0 bridgehead atoms. The van der Waals surface area contributed by atoms with Crippen molar-refractivity contribution in [2.45, 2.75) is 31.8 Å². The second-order valence-electron chi connectivity index (χ2n) is 4.92. The van der Waals surface area contributed by atoms with Gasteiger partial charge in [0.05, 0.1) is 18.1 Å². The number of nitrogens with zero attached hydrogens (tertiary/aromatic N) is 1. The van der Waals surface area contributed by atoms with E-state index in [1.165, 1.54) is 12.1 Å². The number of anilines is 1. The van der Waals surface area contributed by atoms with Crippen molar-refractivity contribution < 1.29 is 19.1 Å². The summed E-state index contributed by atoms with van der Waals surface area (Å²) in [5.41, 5.74) is 5.69. The summed E-state index contributed by atoms with van der Waals surface area (Å²) in [6.45, 7) is 0.683. The molecule has 0 saturated carbocycles. The van der Waals surface area contributed by atoms with E-state index in [0.29, 0.717) is 12.3 Å². The number of carbonyl (C=O) groups is 1. The Kier molecular flexibility index (Phi) is 5.10. The molecule has 1 saturated heterocycles. The number of hydrogen-bond acceptors (Lipinski definition) is 4. The van der Waals surface area contributed by atoms with Crippen LogP contribution in [0.4, 0.5) is 10.1 Å². The number of benzene rings is 1. The van der Waals surface area contributed by atoms with Gasteiger partial charge in [0.1, 0.15) is 5.82 Å². The molecule has 7 heteroatoms. The summed E-state index contributed by atoms with van der Waals surface area (Å²) < 4.78 is 19.0. The molecule has 1 heterocycles. The lowest BCUT2D eigenvalue weighted by molar-refractivity contribution is -0.119. The molecule has 1 unspecified atom stereocenters. The first-order valence-electron chi connectivity index (χ1n) is 6.79. The highest BCUT2D eigenvalue weighted by Gasteiger charge is 2.18. The van der Waals surface area contributed by atoms with Crippen molar-refractivity contribution >= 4 is 17.4 Å². The SMILES string of the molecule is N/C(=N/O)c1cc(NC(=O)CC2CCCCO2)ccc1F. The first kappa shape index (κ1) is 15.2. The number of carbonyl (C=O) groups excluding carboxylic acids is 1. The van der Waals surface area contributed by atoms with E-state index in [-0.39, 0.29) is 29.8 Å². The predicted octanol–water partition coefficient (Wildman–Crippen LogP) is 1.82. The molecule has 4 N–H and O–H groups in total. The maximum Gasteiger partial charge on any atom is 0.226 e. The van der Waals surface area contributed by atoms with Gasteiger partial charge >= 0.3 is 0 Å². The zero-order chi connectivity index (χ0) is 15.2. The molecule has 1 aromatic rings. The number of nitrogens with two attached hydrogens (primary N) is 1. The maximum atomic E-state index is 13.5. The molecule has 1 fully saturated rings. The van der Waals surface area contributed by atoms with Crippen LogP contribution in [-0.4, -0.2) is 29.7 Å². The minimum Gasteiger partial charge on any atom is -0.409 e. The highest BCUT2D eigenvalue weighted by Crippen LogP contribution is 2.18. The Labute approximate surface area is 121 Å². The third-order valence-electron chi connectivity index (χ3n) is 3.32. The number of oxime groups is 1. The van der Waals surface area contributed by atoms with Crippen LogP contribution in [0.15, 0.2) is 23.4 Å². The van der Waals surface area contributed by atoms with E-state index >= 15 is 0 Å². The second kappa shape index (κ2) is 7.03. The van der Waals surface area contributed by atoms with Crippen LogP contribution in [0.1, 0.15) is 31.2 Å². The summed E-state index contributed by atoms with van der Waals surface area (Å²) in [7, 11) is 0. The van der Waals surface area contributed by atoms with Crippen LogP contribution in [0.25, 0.3) is 0 Å².